The second kappa shape index (κ2) is 4.97. The fourth-order valence-corrected chi connectivity index (χ4v) is 1.83. The number of thiazole rings is 1. The van der Waals surface area contributed by atoms with Crippen molar-refractivity contribution in [1.82, 2.24) is 4.98 Å². The van der Waals surface area contributed by atoms with Gasteiger partial charge in [0.05, 0.1) is 18.3 Å². The van der Waals surface area contributed by atoms with Crippen molar-refractivity contribution in [2.75, 3.05) is 7.11 Å². The van der Waals surface area contributed by atoms with Crippen molar-refractivity contribution >= 4 is 17.3 Å². The summed E-state index contributed by atoms with van der Waals surface area (Å²) in [5.74, 6) is -0.291. The van der Waals surface area contributed by atoms with Crippen LogP contribution in [0.25, 0.3) is 0 Å². The van der Waals surface area contributed by atoms with E-state index >= 15 is 0 Å². The summed E-state index contributed by atoms with van der Waals surface area (Å²) >= 11 is 1.42. The summed E-state index contributed by atoms with van der Waals surface area (Å²) < 4.78 is 4.59. The van der Waals surface area contributed by atoms with Crippen LogP contribution in [-0.2, 0) is 11.2 Å². The third-order valence-corrected chi connectivity index (χ3v) is 2.72. The van der Waals surface area contributed by atoms with Gasteiger partial charge in [-0.2, -0.15) is 0 Å². The molecule has 72 valence electrons. The zero-order valence-corrected chi connectivity index (χ0v) is 8.69. The number of unbranched alkanes of at least 4 members (excludes halogenated alkanes) is 1. The van der Waals surface area contributed by atoms with Crippen LogP contribution in [0, 0.1) is 0 Å². The number of hydrogen-bond acceptors (Lipinski definition) is 4. The Balaban J connectivity index is 2.58. The first-order chi connectivity index (χ1) is 6.27. The van der Waals surface area contributed by atoms with Crippen LogP contribution in [0.5, 0.6) is 0 Å². The van der Waals surface area contributed by atoms with Crippen molar-refractivity contribution < 1.29 is 9.53 Å². The molecule has 1 heterocycles. The van der Waals surface area contributed by atoms with Crippen LogP contribution >= 0.6 is 11.3 Å². The Bertz CT molecular complexity index is 283. The molecule has 0 radical (unpaired) electrons. The van der Waals surface area contributed by atoms with Crippen molar-refractivity contribution in [1.29, 1.82) is 0 Å². The van der Waals surface area contributed by atoms with Gasteiger partial charge >= 0.3 is 5.97 Å². The highest BCUT2D eigenvalue weighted by Gasteiger charge is 2.09. The molecular weight excluding hydrogens is 186 g/mol. The van der Waals surface area contributed by atoms with Gasteiger partial charge in [-0.15, -0.1) is 11.3 Å². The van der Waals surface area contributed by atoms with Crippen LogP contribution in [0.15, 0.2) is 6.20 Å². The van der Waals surface area contributed by atoms with Gasteiger partial charge < -0.3 is 4.74 Å². The summed E-state index contributed by atoms with van der Waals surface area (Å²) in [5.41, 5.74) is 0. The average molecular weight is 199 g/mol. The predicted molar refractivity (Wildman–Crippen MR) is 52.1 cm³/mol. The Hall–Kier alpha value is -0.900. The van der Waals surface area contributed by atoms with Crippen LogP contribution in [0.2, 0.25) is 0 Å². The minimum Gasteiger partial charge on any atom is -0.465 e. The zero-order valence-electron chi connectivity index (χ0n) is 7.87. The van der Waals surface area contributed by atoms with Crippen LogP contribution in [0.1, 0.15) is 34.4 Å². The summed E-state index contributed by atoms with van der Waals surface area (Å²) in [5, 5.41) is 1.02. The van der Waals surface area contributed by atoms with Gasteiger partial charge in [-0.3, -0.25) is 0 Å². The van der Waals surface area contributed by atoms with E-state index in [1.54, 1.807) is 6.20 Å². The molecular formula is C9H13NO2S. The Kier molecular flexibility index (Phi) is 3.89. The molecule has 1 aromatic rings. The van der Waals surface area contributed by atoms with Crippen molar-refractivity contribution in [3.05, 3.63) is 16.1 Å². The lowest BCUT2D eigenvalue weighted by atomic mass is 10.3. The van der Waals surface area contributed by atoms with Gasteiger partial charge in [0.2, 0.25) is 0 Å². The maximum Gasteiger partial charge on any atom is 0.349 e. The summed E-state index contributed by atoms with van der Waals surface area (Å²) in [6.45, 7) is 2.13. The molecule has 1 rings (SSSR count). The molecule has 0 aliphatic heterocycles. The molecule has 13 heavy (non-hydrogen) atoms. The normalized spacial score (nSPS) is 10.0. The van der Waals surface area contributed by atoms with E-state index < -0.39 is 0 Å². The molecule has 0 N–H and O–H groups in total. The Morgan fingerprint density at radius 2 is 2.46 bits per heavy atom. The van der Waals surface area contributed by atoms with E-state index in [0.29, 0.717) is 4.88 Å². The van der Waals surface area contributed by atoms with Crippen molar-refractivity contribution in [2.45, 2.75) is 26.2 Å². The molecule has 0 saturated carbocycles. The van der Waals surface area contributed by atoms with Gasteiger partial charge in [0.15, 0.2) is 0 Å². The quantitative estimate of drug-likeness (QED) is 0.698. The van der Waals surface area contributed by atoms with Crippen LogP contribution < -0.4 is 0 Å². The van der Waals surface area contributed by atoms with E-state index in [2.05, 4.69) is 16.6 Å². The van der Waals surface area contributed by atoms with E-state index in [1.165, 1.54) is 18.4 Å². The SMILES string of the molecule is CCCCc1ncc(C(=O)OC)s1. The summed E-state index contributed by atoms with van der Waals surface area (Å²) in [4.78, 5) is 15.8. The molecule has 1 aromatic heterocycles. The fraction of sp³-hybridized carbons (Fsp3) is 0.556. The smallest absolute Gasteiger partial charge is 0.349 e. The number of methoxy groups -OCH3 is 1. The molecule has 0 aromatic carbocycles. The minimum absolute atomic E-state index is 0.291. The van der Waals surface area contributed by atoms with Crippen LogP contribution in [-0.4, -0.2) is 18.1 Å². The number of aryl methyl sites for hydroxylation is 1. The highest BCUT2D eigenvalue weighted by atomic mass is 32.1. The third-order valence-electron chi connectivity index (χ3n) is 1.68. The first kappa shape index (κ1) is 10.2. The van der Waals surface area contributed by atoms with E-state index in [4.69, 9.17) is 0 Å². The number of nitrogens with zero attached hydrogens (tertiary/aromatic N) is 1. The molecule has 0 aliphatic carbocycles. The van der Waals surface area contributed by atoms with Gasteiger partial charge in [0.1, 0.15) is 4.88 Å². The standard InChI is InChI=1S/C9H13NO2S/c1-3-4-5-8-10-6-7(13-8)9(11)12-2/h6H,3-5H2,1-2H3. The zero-order chi connectivity index (χ0) is 9.68. The van der Waals surface area contributed by atoms with Crippen molar-refractivity contribution in [3.8, 4) is 0 Å². The molecule has 0 bridgehead atoms. The van der Waals surface area contributed by atoms with Gasteiger partial charge in [0.25, 0.3) is 0 Å². The molecule has 0 atom stereocenters. The third kappa shape index (κ3) is 2.81. The number of esters is 1. The number of carbonyl (C=O) groups is 1. The lowest BCUT2D eigenvalue weighted by Crippen LogP contribution is -1.96. The molecule has 0 spiro atoms. The number of aromatic nitrogens is 1. The predicted octanol–water partition coefficient (Wildman–Crippen LogP) is 2.27. The van der Waals surface area contributed by atoms with E-state index in [9.17, 15) is 4.79 Å². The lowest BCUT2D eigenvalue weighted by molar-refractivity contribution is 0.0606. The van der Waals surface area contributed by atoms with Gasteiger partial charge in [-0.25, -0.2) is 9.78 Å². The first-order valence-corrected chi connectivity index (χ1v) is 5.12. The first-order valence-electron chi connectivity index (χ1n) is 4.31. The maximum absolute atomic E-state index is 11.0. The Labute approximate surface area is 81.8 Å². The van der Waals surface area contributed by atoms with Crippen LogP contribution in [0.3, 0.4) is 0 Å². The molecule has 4 heteroatoms. The summed E-state index contributed by atoms with van der Waals surface area (Å²) in [7, 11) is 1.38. The largest absolute Gasteiger partial charge is 0.465 e. The van der Waals surface area contributed by atoms with E-state index in [0.717, 1.165) is 24.3 Å². The number of ether oxygens (including phenoxy) is 1. The van der Waals surface area contributed by atoms with Gasteiger partial charge in [-0.05, 0) is 12.8 Å². The molecule has 0 amide bonds. The summed E-state index contributed by atoms with van der Waals surface area (Å²) in [6.07, 6.45) is 4.81. The monoisotopic (exact) mass is 199 g/mol. The van der Waals surface area contributed by atoms with Gasteiger partial charge in [-0.1, -0.05) is 13.3 Å². The molecule has 0 saturated heterocycles. The highest BCUT2D eigenvalue weighted by Crippen LogP contribution is 2.15. The number of carbonyl (C=O) groups excluding carboxylic acids is 1. The Morgan fingerprint density at radius 1 is 1.69 bits per heavy atom. The second-order valence-corrected chi connectivity index (χ2v) is 3.83. The second-order valence-electron chi connectivity index (χ2n) is 2.71. The van der Waals surface area contributed by atoms with E-state index in [-0.39, 0.29) is 5.97 Å². The summed E-state index contributed by atoms with van der Waals surface area (Å²) in [6, 6.07) is 0. The molecule has 0 unspecified atom stereocenters. The minimum atomic E-state index is -0.291. The van der Waals surface area contributed by atoms with Crippen molar-refractivity contribution in [3.63, 3.8) is 0 Å². The molecule has 0 fully saturated rings. The highest BCUT2D eigenvalue weighted by molar-refractivity contribution is 7.13. The average Bonchev–Trinajstić information content (AvgIpc) is 2.62. The number of hydrogen-bond donors (Lipinski definition) is 0. The Morgan fingerprint density at radius 3 is 3.08 bits per heavy atom. The fourth-order valence-electron chi connectivity index (χ4n) is 0.949. The van der Waals surface area contributed by atoms with Crippen molar-refractivity contribution in [2.24, 2.45) is 0 Å². The molecule has 3 nitrogen and oxygen atoms in total. The van der Waals surface area contributed by atoms with E-state index in [1.807, 2.05) is 0 Å². The lowest BCUT2D eigenvalue weighted by Gasteiger charge is -1.92. The van der Waals surface area contributed by atoms with Gasteiger partial charge in [0, 0.05) is 0 Å². The number of rotatable bonds is 4. The van der Waals surface area contributed by atoms with Crippen LogP contribution in [0.4, 0.5) is 0 Å². The topological polar surface area (TPSA) is 39.2 Å². The molecule has 0 aliphatic rings. The maximum atomic E-state index is 11.0.